The number of esters is 2. The molecule has 0 unspecified atom stereocenters. The molecule has 1 N–H and O–H groups in total. The Morgan fingerprint density at radius 3 is 2.33 bits per heavy atom. The van der Waals surface area contributed by atoms with Crippen LogP contribution in [0, 0.1) is 13.8 Å². The van der Waals surface area contributed by atoms with Gasteiger partial charge in [-0.3, -0.25) is 4.79 Å². The summed E-state index contributed by atoms with van der Waals surface area (Å²) in [5.74, 6) is -0.857. The minimum absolute atomic E-state index is 0.270. The van der Waals surface area contributed by atoms with Gasteiger partial charge < -0.3 is 19.3 Å². The number of ether oxygens (including phenoxy) is 2. The molecule has 9 heteroatoms. The normalized spacial score (nSPS) is 10.4. The summed E-state index contributed by atoms with van der Waals surface area (Å²) in [5.41, 5.74) is 2.40. The van der Waals surface area contributed by atoms with E-state index >= 15 is 0 Å². The van der Waals surface area contributed by atoms with Crippen LogP contribution in [0.25, 0.3) is 11.5 Å². The molecule has 1 aromatic heterocycles. The summed E-state index contributed by atoms with van der Waals surface area (Å²) in [6, 6.07) is 11.1. The van der Waals surface area contributed by atoms with E-state index in [1.807, 2.05) is 0 Å². The maximum absolute atomic E-state index is 12.2. The van der Waals surface area contributed by atoms with Gasteiger partial charge in [0.25, 0.3) is 11.8 Å². The molecule has 3 rings (SSSR count). The number of amides is 1. The van der Waals surface area contributed by atoms with Gasteiger partial charge in [0, 0.05) is 11.3 Å². The Bertz CT molecular complexity index is 1090. The van der Waals surface area contributed by atoms with Gasteiger partial charge in [0.1, 0.15) is 0 Å². The van der Waals surface area contributed by atoms with E-state index in [2.05, 4.69) is 20.2 Å². The molecule has 0 saturated carbocycles. The predicted molar refractivity (Wildman–Crippen MR) is 106 cm³/mol. The number of anilines is 1. The van der Waals surface area contributed by atoms with Crippen LogP contribution in [0.4, 0.5) is 5.69 Å². The first-order valence-corrected chi connectivity index (χ1v) is 8.94. The average molecular weight is 409 g/mol. The molecular formula is C21H19N3O6. The highest BCUT2D eigenvalue weighted by Gasteiger charge is 2.14. The number of benzene rings is 2. The standard InChI is InChI=1S/C21H19N3O6/c1-12-4-5-16(20(26)28-3)10-17(12)23-18(25)11-29-21(27)15-8-6-14(7-9-15)19-22-13(2)24-30-19/h4-10H,11H2,1-3H3,(H,23,25). The van der Waals surface area contributed by atoms with Crippen molar-refractivity contribution in [3.05, 3.63) is 65.0 Å². The highest BCUT2D eigenvalue weighted by atomic mass is 16.5. The fraction of sp³-hybridized carbons (Fsp3) is 0.190. The van der Waals surface area contributed by atoms with Crippen molar-refractivity contribution in [2.75, 3.05) is 19.0 Å². The van der Waals surface area contributed by atoms with Crippen molar-refractivity contribution in [2.45, 2.75) is 13.8 Å². The minimum atomic E-state index is -0.654. The fourth-order valence-corrected chi connectivity index (χ4v) is 2.57. The lowest BCUT2D eigenvalue weighted by molar-refractivity contribution is -0.119. The van der Waals surface area contributed by atoms with Crippen molar-refractivity contribution < 1.29 is 28.4 Å². The van der Waals surface area contributed by atoms with E-state index in [1.54, 1.807) is 50.2 Å². The van der Waals surface area contributed by atoms with Crippen molar-refractivity contribution in [1.82, 2.24) is 10.1 Å². The SMILES string of the molecule is COC(=O)c1ccc(C)c(NC(=O)COC(=O)c2ccc(-c3nc(C)no3)cc2)c1. The highest BCUT2D eigenvalue weighted by Crippen LogP contribution is 2.19. The van der Waals surface area contributed by atoms with Gasteiger partial charge in [-0.25, -0.2) is 9.59 Å². The zero-order chi connectivity index (χ0) is 21.7. The lowest BCUT2D eigenvalue weighted by atomic mass is 10.1. The Labute approximate surface area is 172 Å². The number of aromatic nitrogens is 2. The maximum Gasteiger partial charge on any atom is 0.338 e. The van der Waals surface area contributed by atoms with Crippen LogP contribution in [0.1, 0.15) is 32.1 Å². The van der Waals surface area contributed by atoms with Gasteiger partial charge >= 0.3 is 11.9 Å². The number of hydrogen-bond donors (Lipinski definition) is 1. The summed E-state index contributed by atoms with van der Waals surface area (Å²) in [7, 11) is 1.27. The van der Waals surface area contributed by atoms with E-state index < -0.39 is 24.5 Å². The van der Waals surface area contributed by atoms with Crippen molar-refractivity contribution in [2.24, 2.45) is 0 Å². The molecule has 0 aliphatic rings. The van der Waals surface area contributed by atoms with E-state index in [4.69, 9.17) is 9.26 Å². The Hall–Kier alpha value is -4.01. The van der Waals surface area contributed by atoms with Crippen molar-refractivity contribution in [3.8, 4) is 11.5 Å². The molecule has 0 bridgehead atoms. The molecular weight excluding hydrogens is 390 g/mol. The Morgan fingerprint density at radius 1 is 1.00 bits per heavy atom. The molecule has 0 radical (unpaired) electrons. The summed E-state index contributed by atoms with van der Waals surface area (Å²) in [6.07, 6.45) is 0. The van der Waals surface area contributed by atoms with Crippen molar-refractivity contribution in [3.63, 3.8) is 0 Å². The van der Waals surface area contributed by atoms with Crippen LogP contribution in [0.3, 0.4) is 0 Å². The second kappa shape index (κ2) is 8.99. The summed E-state index contributed by atoms with van der Waals surface area (Å²) in [5, 5.41) is 6.33. The number of aryl methyl sites for hydroxylation is 2. The molecule has 0 saturated heterocycles. The molecule has 1 heterocycles. The number of carbonyl (C=O) groups excluding carboxylic acids is 3. The molecule has 0 atom stereocenters. The van der Waals surface area contributed by atoms with Gasteiger partial charge in [-0.1, -0.05) is 11.2 Å². The first-order chi connectivity index (χ1) is 14.4. The quantitative estimate of drug-likeness (QED) is 0.617. The van der Waals surface area contributed by atoms with Gasteiger partial charge in [-0.15, -0.1) is 0 Å². The van der Waals surface area contributed by atoms with E-state index in [-0.39, 0.29) is 5.56 Å². The molecule has 154 valence electrons. The lowest BCUT2D eigenvalue weighted by Gasteiger charge is -2.10. The monoisotopic (exact) mass is 409 g/mol. The molecule has 2 aromatic carbocycles. The zero-order valence-corrected chi connectivity index (χ0v) is 16.6. The smallest absolute Gasteiger partial charge is 0.338 e. The van der Waals surface area contributed by atoms with Gasteiger partial charge in [0.2, 0.25) is 0 Å². The second-order valence-electron chi connectivity index (χ2n) is 6.37. The largest absolute Gasteiger partial charge is 0.465 e. The van der Waals surface area contributed by atoms with Crippen LogP contribution in [0.15, 0.2) is 47.0 Å². The van der Waals surface area contributed by atoms with Gasteiger partial charge in [-0.2, -0.15) is 4.98 Å². The summed E-state index contributed by atoms with van der Waals surface area (Å²) >= 11 is 0. The van der Waals surface area contributed by atoms with E-state index in [1.165, 1.54) is 13.2 Å². The first kappa shape index (κ1) is 20.7. The third kappa shape index (κ3) is 4.88. The third-order valence-corrected chi connectivity index (χ3v) is 4.16. The summed E-state index contributed by atoms with van der Waals surface area (Å²) < 4.78 is 14.8. The van der Waals surface area contributed by atoms with Crippen LogP contribution in [0.2, 0.25) is 0 Å². The van der Waals surface area contributed by atoms with Gasteiger partial charge in [0.05, 0.1) is 18.2 Å². The van der Waals surface area contributed by atoms with Crippen LogP contribution in [0.5, 0.6) is 0 Å². The number of hydrogen-bond acceptors (Lipinski definition) is 8. The lowest BCUT2D eigenvalue weighted by Crippen LogP contribution is -2.21. The molecule has 1 amide bonds. The topological polar surface area (TPSA) is 121 Å². The molecule has 0 fully saturated rings. The summed E-state index contributed by atoms with van der Waals surface area (Å²) in [6.45, 7) is 3.00. The van der Waals surface area contributed by atoms with Crippen LogP contribution >= 0.6 is 0 Å². The number of rotatable bonds is 6. The third-order valence-electron chi connectivity index (χ3n) is 4.16. The number of carbonyl (C=O) groups is 3. The average Bonchev–Trinajstić information content (AvgIpc) is 3.19. The molecule has 30 heavy (non-hydrogen) atoms. The fourth-order valence-electron chi connectivity index (χ4n) is 2.57. The van der Waals surface area contributed by atoms with Gasteiger partial charge in [0.15, 0.2) is 12.4 Å². The molecule has 0 spiro atoms. The van der Waals surface area contributed by atoms with E-state index in [0.29, 0.717) is 28.5 Å². The first-order valence-electron chi connectivity index (χ1n) is 8.94. The Morgan fingerprint density at radius 2 is 1.70 bits per heavy atom. The molecule has 3 aromatic rings. The second-order valence-corrected chi connectivity index (χ2v) is 6.37. The minimum Gasteiger partial charge on any atom is -0.465 e. The predicted octanol–water partition coefficient (Wildman–Crippen LogP) is 2.94. The highest BCUT2D eigenvalue weighted by molar-refractivity contribution is 5.97. The Balaban J connectivity index is 1.58. The van der Waals surface area contributed by atoms with Gasteiger partial charge in [-0.05, 0) is 55.8 Å². The molecule has 9 nitrogen and oxygen atoms in total. The van der Waals surface area contributed by atoms with Crippen molar-refractivity contribution >= 4 is 23.5 Å². The number of methoxy groups -OCH3 is 1. The number of nitrogens with one attached hydrogen (secondary N) is 1. The van der Waals surface area contributed by atoms with Crippen LogP contribution < -0.4 is 5.32 Å². The van der Waals surface area contributed by atoms with Crippen LogP contribution in [-0.2, 0) is 14.3 Å². The van der Waals surface area contributed by atoms with E-state index in [9.17, 15) is 14.4 Å². The number of nitrogens with zero attached hydrogens (tertiary/aromatic N) is 2. The molecule has 0 aliphatic heterocycles. The summed E-state index contributed by atoms with van der Waals surface area (Å²) in [4.78, 5) is 40.1. The zero-order valence-electron chi connectivity index (χ0n) is 16.6. The van der Waals surface area contributed by atoms with E-state index in [0.717, 1.165) is 5.56 Å². The molecule has 0 aliphatic carbocycles. The van der Waals surface area contributed by atoms with Crippen LogP contribution in [-0.4, -0.2) is 41.7 Å². The van der Waals surface area contributed by atoms with Crippen molar-refractivity contribution in [1.29, 1.82) is 0 Å². The Kier molecular flexibility index (Phi) is 6.21. The maximum atomic E-state index is 12.2.